The van der Waals surface area contributed by atoms with Gasteiger partial charge < -0.3 is 9.84 Å². The molecule has 0 spiro atoms. The van der Waals surface area contributed by atoms with Crippen LogP contribution < -0.4 is 4.74 Å². The summed E-state index contributed by atoms with van der Waals surface area (Å²) in [5.41, 5.74) is 1.14. The van der Waals surface area contributed by atoms with Gasteiger partial charge >= 0.3 is 5.97 Å². The highest BCUT2D eigenvalue weighted by molar-refractivity contribution is 7.90. The smallest absolute Gasteiger partial charge is 0.341 e. The normalized spacial score (nSPS) is 11.9. The number of hydrogen-bond donors (Lipinski definition) is 1. The number of carbonyl (C=O) groups is 1. The van der Waals surface area contributed by atoms with E-state index in [0.29, 0.717) is 23.2 Å². The number of para-hydroxylation sites is 1. The molecule has 0 fully saturated rings. The summed E-state index contributed by atoms with van der Waals surface area (Å²) < 4.78 is 33.1. The van der Waals surface area contributed by atoms with Crippen LogP contribution in [0.25, 0.3) is 21.8 Å². The van der Waals surface area contributed by atoms with Crippen LogP contribution in [-0.2, 0) is 14.8 Å². The van der Waals surface area contributed by atoms with Crippen LogP contribution in [0.3, 0.4) is 0 Å². The molecule has 1 aromatic heterocycles. The van der Waals surface area contributed by atoms with Crippen molar-refractivity contribution in [3.63, 3.8) is 0 Å². The quantitative estimate of drug-likeness (QED) is 0.453. The van der Waals surface area contributed by atoms with Crippen molar-refractivity contribution in [2.75, 3.05) is 12.4 Å². The molecule has 0 saturated heterocycles. The third-order valence-corrected chi connectivity index (χ3v) is 6.75. The maximum Gasteiger partial charge on any atom is 0.341 e. The number of aromatic nitrogens is 1. The van der Waals surface area contributed by atoms with Crippen LogP contribution in [0.4, 0.5) is 0 Å². The Kier molecular flexibility index (Phi) is 6.79. The first-order valence-corrected chi connectivity index (χ1v) is 11.7. The molecule has 156 valence electrons. The van der Waals surface area contributed by atoms with Gasteiger partial charge in [-0.2, -0.15) is 0 Å². The maximum atomic E-state index is 13.2. The number of fused-ring (bicyclic) bond motifs is 3. The van der Waals surface area contributed by atoms with Crippen LogP contribution in [0.2, 0.25) is 0 Å². The van der Waals surface area contributed by atoms with Gasteiger partial charge in [-0.1, -0.05) is 57.2 Å². The minimum atomic E-state index is -3.57. The molecule has 0 aliphatic carbocycles. The fraction of sp³-hybridized carbons (Fsp3) is 0.409. The summed E-state index contributed by atoms with van der Waals surface area (Å²) in [5, 5.41) is 10.5. The molecular formula is C22H27NO5S. The fourth-order valence-electron chi connectivity index (χ4n) is 3.61. The molecule has 0 aliphatic rings. The molecule has 0 bridgehead atoms. The van der Waals surface area contributed by atoms with E-state index in [9.17, 15) is 13.2 Å². The van der Waals surface area contributed by atoms with Gasteiger partial charge in [0.2, 0.25) is 10.0 Å². The van der Waals surface area contributed by atoms with Gasteiger partial charge in [-0.15, -0.1) is 0 Å². The number of rotatable bonds is 11. The Morgan fingerprint density at radius 3 is 2.41 bits per heavy atom. The molecule has 0 amide bonds. The van der Waals surface area contributed by atoms with Gasteiger partial charge in [0.15, 0.2) is 6.61 Å². The zero-order valence-electron chi connectivity index (χ0n) is 16.6. The summed E-state index contributed by atoms with van der Waals surface area (Å²) >= 11 is 0. The van der Waals surface area contributed by atoms with E-state index in [0.717, 1.165) is 36.5 Å². The van der Waals surface area contributed by atoms with Crippen LogP contribution in [0.5, 0.6) is 5.75 Å². The van der Waals surface area contributed by atoms with Crippen molar-refractivity contribution in [3.05, 3.63) is 42.5 Å². The summed E-state index contributed by atoms with van der Waals surface area (Å²) in [6.45, 7) is 1.68. The SMILES string of the molecule is CCCCCCCCS(=O)(=O)n1c2ccccc2c2ccc(OCC(=O)O)cc21. The molecule has 29 heavy (non-hydrogen) atoms. The van der Waals surface area contributed by atoms with Gasteiger partial charge in [0.1, 0.15) is 5.75 Å². The van der Waals surface area contributed by atoms with Gasteiger partial charge in [-0.25, -0.2) is 17.2 Å². The molecule has 0 aliphatic heterocycles. The minimum Gasteiger partial charge on any atom is -0.482 e. The van der Waals surface area contributed by atoms with E-state index in [2.05, 4.69) is 6.92 Å². The van der Waals surface area contributed by atoms with Gasteiger partial charge in [-0.3, -0.25) is 0 Å². The number of aliphatic carboxylic acids is 1. The number of ether oxygens (including phenoxy) is 1. The van der Waals surface area contributed by atoms with Crippen molar-refractivity contribution >= 4 is 37.8 Å². The lowest BCUT2D eigenvalue weighted by Gasteiger charge is -2.10. The zero-order valence-corrected chi connectivity index (χ0v) is 17.5. The van der Waals surface area contributed by atoms with E-state index in [1.54, 1.807) is 24.3 Å². The second kappa shape index (κ2) is 9.31. The topological polar surface area (TPSA) is 85.6 Å². The summed E-state index contributed by atoms with van der Waals surface area (Å²) in [6, 6.07) is 12.4. The second-order valence-corrected chi connectivity index (χ2v) is 9.16. The van der Waals surface area contributed by atoms with Crippen molar-refractivity contribution in [2.45, 2.75) is 45.4 Å². The molecule has 0 unspecified atom stereocenters. The number of carboxylic acid groups (broad SMARTS) is 1. The Labute approximate surface area is 171 Å². The molecule has 6 nitrogen and oxygen atoms in total. The van der Waals surface area contributed by atoms with E-state index < -0.39 is 22.6 Å². The monoisotopic (exact) mass is 417 g/mol. The predicted octanol–water partition coefficient (Wildman–Crippen LogP) is 4.80. The lowest BCUT2D eigenvalue weighted by molar-refractivity contribution is -0.139. The van der Waals surface area contributed by atoms with Gasteiger partial charge in [0, 0.05) is 16.8 Å². The van der Waals surface area contributed by atoms with Crippen molar-refractivity contribution in [3.8, 4) is 5.75 Å². The molecule has 7 heteroatoms. The minimum absolute atomic E-state index is 0.0765. The van der Waals surface area contributed by atoms with Crippen LogP contribution >= 0.6 is 0 Å². The molecule has 0 radical (unpaired) electrons. The van der Waals surface area contributed by atoms with Crippen molar-refractivity contribution < 1.29 is 23.1 Å². The second-order valence-electron chi connectivity index (χ2n) is 7.23. The average molecular weight is 418 g/mol. The van der Waals surface area contributed by atoms with Gasteiger partial charge in [0.05, 0.1) is 16.8 Å². The Morgan fingerprint density at radius 2 is 1.66 bits per heavy atom. The van der Waals surface area contributed by atoms with E-state index in [1.165, 1.54) is 10.4 Å². The highest BCUT2D eigenvalue weighted by Crippen LogP contribution is 2.33. The van der Waals surface area contributed by atoms with E-state index >= 15 is 0 Å². The van der Waals surface area contributed by atoms with Crippen molar-refractivity contribution in [2.24, 2.45) is 0 Å². The lowest BCUT2D eigenvalue weighted by atomic mass is 10.1. The summed E-state index contributed by atoms with van der Waals surface area (Å²) in [5.74, 6) is -0.673. The van der Waals surface area contributed by atoms with E-state index in [4.69, 9.17) is 9.84 Å². The standard InChI is InChI=1S/C22H27NO5S/c1-2-3-4-5-6-9-14-29(26,27)23-20-11-8-7-10-18(20)19-13-12-17(15-21(19)23)28-16-22(24)25/h7-8,10-13,15H,2-6,9,14,16H2,1H3,(H,24,25). The molecule has 2 aromatic carbocycles. The Bertz CT molecular complexity index is 1100. The largest absolute Gasteiger partial charge is 0.482 e. The van der Waals surface area contributed by atoms with Gasteiger partial charge in [0.25, 0.3) is 0 Å². The molecular weight excluding hydrogens is 390 g/mol. The van der Waals surface area contributed by atoms with E-state index in [-0.39, 0.29) is 5.75 Å². The lowest BCUT2D eigenvalue weighted by Crippen LogP contribution is -2.16. The fourth-order valence-corrected chi connectivity index (χ4v) is 5.27. The van der Waals surface area contributed by atoms with Crippen LogP contribution in [0, 0.1) is 0 Å². The van der Waals surface area contributed by atoms with Crippen molar-refractivity contribution in [1.29, 1.82) is 0 Å². The Morgan fingerprint density at radius 1 is 0.966 bits per heavy atom. The summed E-state index contributed by atoms with van der Waals surface area (Å²) in [4.78, 5) is 10.8. The molecule has 3 aromatic rings. The third kappa shape index (κ3) is 4.90. The number of hydrogen-bond acceptors (Lipinski definition) is 4. The molecule has 1 heterocycles. The first kappa shape index (κ1) is 21.2. The van der Waals surface area contributed by atoms with E-state index in [1.807, 2.05) is 18.2 Å². The Balaban J connectivity index is 1.95. The number of nitrogens with zero attached hydrogens (tertiary/aromatic N) is 1. The summed E-state index contributed by atoms with van der Waals surface area (Å²) in [7, 11) is -3.57. The molecule has 0 atom stereocenters. The number of benzene rings is 2. The Hall–Kier alpha value is -2.54. The molecule has 1 N–H and O–H groups in total. The predicted molar refractivity (Wildman–Crippen MR) is 115 cm³/mol. The summed E-state index contributed by atoms with van der Waals surface area (Å²) in [6.07, 6.45) is 6.03. The molecule has 3 rings (SSSR count). The first-order chi connectivity index (χ1) is 13.9. The third-order valence-electron chi connectivity index (χ3n) is 5.00. The number of unbranched alkanes of at least 4 members (excludes halogenated alkanes) is 5. The average Bonchev–Trinajstić information content (AvgIpc) is 3.03. The van der Waals surface area contributed by atoms with Crippen molar-refractivity contribution in [1.82, 2.24) is 3.97 Å². The number of carboxylic acids is 1. The molecule has 0 saturated carbocycles. The van der Waals surface area contributed by atoms with Gasteiger partial charge in [-0.05, 0) is 24.6 Å². The van der Waals surface area contributed by atoms with Crippen LogP contribution in [0.1, 0.15) is 45.4 Å². The first-order valence-electron chi connectivity index (χ1n) is 10.0. The zero-order chi connectivity index (χ0) is 20.9. The maximum absolute atomic E-state index is 13.2. The highest BCUT2D eigenvalue weighted by atomic mass is 32.2. The highest BCUT2D eigenvalue weighted by Gasteiger charge is 2.21. The van der Waals surface area contributed by atoms with Crippen LogP contribution in [0.15, 0.2) is 42.5 Å². The van der Waals surface area contributed by atoms with Crippen LogP contribution in [-0.4, -0.2) is 35.8 Å².